The van der Waals surface area contributed by atoms with Crippen LogP contribution in [0.1, 0.15) is 65.7 Å². The molecule has 0 heterocycles. The quantitative estimate of drug-likeness (QED) is 0.681. The van der Waals surface area contributed by atoms with Gasteiger partial charge in [-0.2, -0.15) is 0 Å². The van der Waals surface area contributed by atoms with Crippen molar-refractivity contribution >= 4 is 0 Å². The van der Waals surface area contributed by atoms with Gasteiger partial charge in [0.15, 0.2) is 0 Å². The van der Waals surface area contributed by atoms with Crippen molar-refractivity contribution in [3.8, 4) is 0 Å². The Balaban J connectivity index is 2.09. The van der Waals surface area contributed by atoms with Crippen molar-refractivity contribution in [2.75, 3.05) is 13.1 Å². The molecule has 0 aromatic carbocycles. The second kappa shape index (κ2) is 5.92. The summed E-state index contributed by atoms with van der Waals surface area (Å²) in [6, 6.07) is 0.862. The minimum Gasteiger partial charge on any atom is -0.329 e. The molecule has 0 saturated heterocycles. The second-order valence-corrected chi connectivity index (χ2v) is 6.94. The van der Waals surface area contributed by atoms with E-state index in [1.54, 1.807) is 0 Å². The van der Waals surface area contributed by atoms with E-state index in [1.165, 1.54) is 51.5 Å². The van der Waals surface area contributed by atoms with Crippen LogP contribution < -0.4 is 5.73 Å². The van der Waals surface area contributed by atoms with E-state index in [0.29, 0.717) is 5.54 Å². The Hall–Kier alpha value is -0.0800. The molecular weight excluding hydrogens is 220 g/mol. The monoisotopic (exact) mass is 252 g/mol. The van der Waals surface area contributed by atoms with Crippen molar-refractivity contribution in [2.45, 2.75) is 77.3 Å². The number of hydrogen-bond acceptors (Lipinski definition) is 2. The number of hydrogen-bond donors (Lipinski definition) is 1. The molecule has 2 rings (SSSR count). The molecule has 18 heavy (non-hydrogen) atoms. The SMILES string of the molecule is CCCN(C1CC1)C(CN)(CCC(C)C)C1CC1. The van der Waals surface area contributed by atoms with E-state index in [1.807, 2.05) is 0 Å². The lowest BCUT2D eigenvalue weighted by molar-refractivity contribution is 0.0503. The van der Waals surface area contributed by atoms with Crippen LogP contribution in [0.25, 0.3) is 0 Å². The molecule has 0 aromatic heterocycles. The highest BCUT2D eigenvalue weighted by Gasteiger charge is 2.51. The van der Waals surface area contributed by atoms with Crippen LogP contribution in [-0.2, 0) is 0 Å². The second-order valence-electron chi connectivity index (χ2n) is 6.94. The Bertz CT molecular complexity index is 256. The molecule has 0 amide bonds. The Kier molecular flexibility index (Phi) is 4.71. The zero-order chi connectivity index (χ0) is 13.2. The van der Waals surface area contributed by atoms with Gasteiger partial charge in [0, 0.05) is 18.1 Å². The summed E-state index contributed by atoms with van der Waals surface area (Å²) in [4.78, 5) is 2.83. The highest BCUT2D eigenvalue weighted by atomic mass is 15.3. The molecule has 2 fully saturated rings. The van der Waals surface area contributed by atoms with Gasteiger partial charge in [0.2, 0.25) is 0 Å². The molecule has 0 aromatic rings. The van der Waals surface area contributed by atoms with Gasteiger partial charge < -0.3 is 5.73 Å². The third-order valence-corrected chi connectivity index (χ3v) is 4.87. The van der Waals surface area contributed by atoms with Crippen molar-refractivity contribution in [1.29, 1.82) is 0 Å². The van der Waals surface area contributed by atoms with Gasteiger partial charge in [0.05, 0.1) is 0 Å². The maximum Gasteiger partial charge on any atom is 0.0362 e. The van der Waals surface area contributed by atoms with Crippen LogP contribution in [0.3, 0.4) is 0 Å². The maximum absolute atomic E-state index is 6.29. The van der Waals surface area contributed by atoms with Gasteiger partial charge in [-0.25, -0.2) is 0 Å². The van der Waals surface area contributed by atoms with Gasteiger partial charge in [-0.3, -0.25) is 4.90 Å². The highest BCUT2D eigenvalue weighted by molar-refractivity contribution is 5.07. The number of rotatable bonds is 9. The van der Waals surface area contributed by atoms with Crippen LogP contribution in [0.4, 0.5) is 0 Å². The van der Waals surface area contributed by atoms with Crippen molar-refractivity contribution in [1.82, 2.24) is 4.90 Å². The third kappa shape index (κ3) is 3.08. The molecular formula is C16H32N2. The van der Waals surface area contributed by atoms with Crippen LogP contribution in [0.5, 0.6) is 0 Å². The van der Waals surface area contributed by atoms with Gasteiger partial charge in [-0.05, 0) is 63.3 Å². The van der Waals surface area contributed by atoms with Crippen molar-refractivity contribution in [2.24, 2.45) is 17.6 Å². The lowest BCUT2D eigenvalue weighted by Crippen LogP contribution is -2.57. The zero-order valence-corrected chi connectivity index (χ0v) is 12.6. The topological polar surface area (TPSA) is 29.3 Å². The Morgan fingerprint density at radius 3 is 2.28 bits per heavy atom. The first-order valence-corrected chi connectivity index (χ1v) is 8.11. The first kappa shape index (κ1) is 14.3. The average molecular weight is 252 g/mol. The predicted molar refractivity (Wildman–Crippen MR) is 78.6 cm³/mol. The van der Waals surface area contributed by atoms with Crippen molar-refractivity contribution in [3.63, 3.8) is 0 Å². The van der Waals surface area contributed by atoms with Crippen molar-refractivity contribution < 1.29 is 0 Å². The molecule has 2 aliphatic carbocycles. The van der Waals surface area contributed by atoms with Crippen LogP contribution >= 0.6 is 0 Å². The summed E-state index contributed by atoms with van der Waals surface area (Å²) < 4.78 is 0. The van der Waals surface area contributed by atoms with Gasteiger partial charge in [0.25, 0.3) is 0 Å². The van der Waals surface area contributed by atoms with E-state index in [9.17, 15) is 0 Å². The fourth-order valence-electron chi connectivity index (χ4n) is 3.52. The molecule has 0 spiro atoms. The average Bonchev–Trinajstić information content (AvgIpc) is 3.18. The summed E-state index contributed by atoms with van der Waals surface area (Å²) in [5.41, 5.74) is 6.64. The summed E-state index contributed by atoms with van der Waals surface area (Å²) in [5.74, 6) is 1.70. The van der Waals surface area contributed by atoms with Crippen molar-refractivity contribution in [3.05, 3.63) is 0 Å². The van der Waals surface area contributed by atoms with E-state index >= 15 is 0 Å². The zero-order valence-electron chi connectivity index (χ0n) is 12.6. The maximum atomic E-state index is 6.29. The Morgan fingerprint density at radius 2 is 1.89 bits per heavy atom. The number of nitrogens with zero attached hydrogens (tertiary/aromatic N) is 1. The summed E-state index contributed by atoms with van der Waals surface area (Å²) in [6.45, 7) is 9.13. The predicted octanol–water partition coefficient (Wildman–Crippen LogP) is 3.40. The molecule has 2 N–H and O–H groups in total. The van der Waals surface area contributed by atoms with E-state index in [4.69, 9.17) is 5.73 Å². The summed E-state index contributed by atoms with van der Waals surface area (Å²) in [7, 11) is 0. The molecule has 2 heteroatoms. The van der Waals surface area contributed by atoms with E-state index in [-0.39, 0.29) is 0 Å². The molecule has 0 radical (unpaired) electrons. The van der Waals surface area contributed by atoms with Crippen LogP contribution in [0.15, 0.2) is 0 Å². The molecule has 1 unspecified atom stereocenters. The lowest BCUT2D eigenvalue weighted by atomic mass is 9.83. The molecule has 2 saturated carbocycles. The summed E-state index contributed by atoms with van der Waals surface area (Å²) in [6.07, 6.45) is 9.59. The summed E-state index contributed by atoms with van der Waals surface area (Å²) in [5, 5.41) is 0. The molecule has 2 nitrogen and oxygen atoms in total. The van der Waals surface area contributed by atoms with E-state index in [2.05, 4.69) is 25.7 Å². The Labute approximate surface area is 113 Å². The van der Waals surface area contributed by atoms with Crippen LogP contribution in [0, 0.1) is 11.8 Å². The third-order valence-electron chi connectivity index (χ3n) is 4.87. The molecule has 106 valence electrons. The molecule has 0 bridgehead atoms. The van der Waals surface area contributed by atoms with E-state index in [0.717, 1.165) is 24.4 Å². The molecule has 1 atom stereocenters. The van der Waals surface area contributed by atoms with Gasteiger partial charge >= 0.3 is 0 Å². The van der Waals surface area contributed by atoms with Gasteiger partial charge in [0.1, 0.15) is 0 Å². The van der Waals surface area contributed by atoms with Crippen LogP contribution in [0.2, 0.25) is 0 Å². The summed E-state index contributed by atoms with van der Waals surface area (Å²) >= 11 is 0. The fourth-order valence-corrected chi connectivity index (χ4v) is 3.52. The molecule has 0 aliphatic heterocycles. The number of nitrogens with two attached hydrogens (primary N) is 1. The minimum absolute atomic E-state index is 0.349. The largest absolute Gasteiger partial charge is 0.329 e. The first-order valence-electron chi connectivity index (χ1n) is 8.11. The highest BCUT2D eigenvalue weighted by Crippen LogP contribution is 2.49. The van der Waals surface area contributed by atoms with E-state index < -0.39 is 0 Å². The van der Waals surface area contributed by atoms with Gasteiger partial charge in [-0.15, -0.1) is 0 Å². The standard InChI is InChI=1S/C16H32N2/c1-4-11-18(15-7-8-15)16(12-17,14-5-6-14)10-9-13(2)3/h13-15H,4-12,17H2,1-3H3. The lowest BCUT2D eigenvalue weighted by Gasteiger charge is -2.45. The molecule has 2 aliphatic rings. The smallest absolute Gasteiger partial charge is 0.0362 e. The first-order chi connectivity index (χ1) is 8.64. The van der Waals surface area contributed by atoms with Gasteiger partial charge in [-0.1, -0.05) is 20.8 Å². The normalized spacial score (nSPS) is 23.7. The fraction of sp³-hybridized carbons (Fsp3) is 1.00. The van der Waals surface area contributed by atoms with Crippen LogP contribution in [-0.4, -0.2) is 29.6 Å². The minimum atomic E-state index is 0.349. The Morgan fingerprint density at radius 1 is 1.22 bits per heavy atom.